The number of piperidine rings is 1. The van der Waals surface area contributed by atoms with E-state index in [1.54, 1.807) is 0 Å². The van der Waals surface area contributed by atoms with Crippen LogP contribution in [0.25, 0.3) is 22.5 Å². The van der Waals surface area contributed by atoms with Crippen LogP contribution in [0.5, 0.6) is 5.75 Å². The van der Waals surface area contributed by atoms with Crippen LogP contribution in [0.1, 0.15) is 38.2 Å². The van der Waals surface area contributed by atoms with Gasteiger partial charge >= 0.3 is 0 Å². The second-order valence-corrected chi connectivity index (χ2v) is 9.02. The molecule has 31 heavy (non-hydrogen) atoms. The number of nitrogens with one attached hydrogen (secondary N) is 2. The Hall–Kier alpha value is -3.14. The van der Waals surface area contributed by atoms with E-state index in [0.29, 0.717) is 17.5 Å². The van der Waals surface area contributed by atoms with Crippen molar-refractivity contribution in [3.63, 3.8) is 0 Å². The SMILES string of the molecule is [2H]C([2H])([2H])n1cc(-c2cnc(-c3cnc(N[C@H]4CC(C)(C)NC(C)(C)[C@H]4F)nn3)c(O)c2)cn1. The Labute approximate surface area is 184 Å². The topological polar surface area (TPSA) is 114 Å². The van der Waals surface area contributed by atoms with Crippen molar-refractivity contribution in [3.05, 3.63) is 30.9 Å². The molecular formula is C21H27FN8O. The summed E-state index contributed by atoms with van der Waals surface area (Å²) in [5.74, 6) is -0.000270. The van der Waals surface area contributed by atoms with Gasteiger partial charge in [-0.1, -0.05) is 0 Å². The molecule has 1 aliphatic rings. The summed E-state index contributed by atoms with van der Waals surface area (Å²) in [7, 11) is 0. The Morgan fingerprint density at radius 1 is 1.19 bits per heavy atom. The molecule has 9 nitrogen and oxygen atoms in total. The summed E-state index contributed by atoms with van der Waals surface area (Å²) in [6.45, 7) is 5.28. The van der Waals surface area contributed by atoms with Crippen molar-refractivity contribution < 1.29 is 13.6 Å². The van der Waals surface area contributed by atoms with Gasteiger partial charge in [0.1, 0.15) is 23.3 Å². The summed E-state index contributed by atoms with van der Waals surface area (Å²) in [4.78, 5) is 8.47. The molecule has 0 unspecified atom stereocenters. The van der Waals surface area contributed by atoms with Crippen LogP contribution in [0.2, 0.25) is 0 Å². The van der Waals surface area contributed by atoms with Crippen molar-refractivity contribution in [2.24, 2.45) is 6.98 Å². The first-order valence-corrected chi connectivity index (χ1v) is 9.90. The smallest absolute Gasteiger partial charge is 0.243 e. The molecule has 0 saturated carbocycles. The van der Waals surface area contributed by atoms with Gasteiger partial charge in [-0.2, -0.15) is 5.10 Å². The molecular weight excluding hydrogens is 399 g/mol. The molecule has 0 bridgehead atoms. The molecule has 3 N–H and O–H groups in total. The summed E-state index contributed by atoms with van der Waals surface area (Å²) in [6, 6.07) is 0.935. The fourth-order valence-corrected chi connectivity index (χ4v) is 4.17. The number of nitrogens with zero attached hydrogens (tertiary/aromatic N) is 6. The molecule has 10 heteroatoms. The molecule has 1 saturated heterocycles. The van der Waals surface area contributed by atoms with Gasteiger partial charge in [-0.3, -0.25) is 4.68 Å². The minimum atomic E-state index is -2.40. The minimum absolute atomic E-state index is 0.158. The molecule has 2 atom stereocenters. The Balaban J connectivity index is 1.51. The predicted octanol–water partition coefficient (Wildman–Crippen LogP) is 2.71. The summed E-state index contributed by atoms with van der Waals surface area (Å²) in [5, 5.41) is 28.8. The number of rotatable bonds is 4. The molecule has 0 aliphatic carbocycles. The lowest BCUT2D eigenvalue weighted by atomic mass is 9.78. The van der Waals surface area contributed by atoms with Crippen LogP contribution < -0.4 is 10.6 Å². The maximum Gasteiger partial charge on any atom is 0.243 e. The molecule has 1 aliphatic heterocycles. The first-order valence-electron chi connectivity index (χ1n) is 11.4. The number of aromatic nitrogens is 6. The fourth-order valence-electron chi connectivity index (χ4n) is 4.17. The zero-order valence-electron chi connectivity index (χ0n) is 20.8. The first kappa shape index (κ1) is 17.5. The quantitative estimate of drug-likeness (QED) is 0.580. The summed E-state index contributed by atoms with van der Waals surface area (Å²) in [6.07, 6.45) is 4.96. The highest BCUT2D eigenvalue weighted by Gasteiger charge is 2.46. The molecule has 0 radical (unpaired) electrons. The third-order valence-corrected chi connectivity index (χ3v) is 5.34. The molecule has 4 heterocycles. The van der Waals surface area contributed by atoms with Crippen molar-refractivity contribution in [3.8, 4) is 28.3 Å². The third kappa shape index (κ3) is 4.34. The van der Waals surface area contributed by atoms with Gasteiger partial charge in [-0.15, -0.1) is 10.2 Å². The Morgan fingerprint density at radius 3 is 2.65 bits per heavy atom. The zero-order valence-corrected chi connectivity index (χ0v) is 17.8. The number of halogens is 1. The number of hydrogen-bond acceptors (Lipinski definition) is 8. The second-order valence-electron chi connectivity index (χ2n) is 9.02. The molecule has 1 fully saturated rings. The highest BCUT2D eigenvalue weighted by Crippen LogP contribution is 2.33. The molecule has 4 rings (SSSR count). The van der Waals surface area contributed by atoms with E-state index in [0.717, 1.165) is 4.68 Å². The van der Waals surface area contributed by atoms with Crippen LogP contribution >= 0.6 is 0 Å². The van der Waals surface area contributed by atoms with E-state index in [1.165, 1.54) is 30.9 Å². The predicted molar refractivity (Wildman–Crippen MR) is 115 cm³/mol. The molecule has 3 aromatic rings. The van der Waals surface area contributed by atoms with Gasteiger partial charge in [0.2, 0.25) is 5.95 Å². The fraction of sp³-hybridized carbons (Fsp3) is 0.476. The van der Waals surface area contributed by atoms with E-state index >= 15 is 4.39 Å². The largest absolute Gasteiger partial charge is 0.506 e. The van der Waals surface area contributed by atoms with Gasteiger partial charge in [-0.25, -0.2) is 14.4 Å². The van der Waals surface area contributed by atoms with Gasteiger partial charge < -0.3 is 15.7 Å². The summed E-state index contributed by atoms with van der Waals surface area (Å²) >= 11 is 0. The molecule has 164 valence electrons. The van der Waals surface area contributed by atoms with Gasteiger partial charge in [0.15, 0.2) is 0 Å². The molecule has 0 spiro atoms. The van der Waals surface area contributed by atoms with E-state index in [-0.39, 0.29) is 28.6 Å². The van der Waals surface area contributed by atoms with Gasteiger partial charge in [-0.05, 0) is 40.2 Å². The van der Waals surface area contributed by atoms with Crippen molar-refractivity contribution in [1.29, 1.82) is 0 Å². The number of aromatic hydroxyl groups is 1. The lowest BCUT2D eigenvalue weighted by Crippen LogP contribution is -2.67. The maximum absolute atomic E-state index is 15.0. The standard InChI is InChI=1S/C21H27FN8O/c1-20(2)7-14(18(22)21(3,4)29-20)26-19-24-10-15(27-28-19)17-16(31)6-12(8-23-17)13-9-25-30(5)11-13/h6,8-11,14,18,29,31H,7H2,1-5H3,(H,24,26,28)/t14-,18-/m0/s1/i5D3. The van der Waals surface area contributed by atoms with E-state index in [1.807, 2.05) is 27.7 Å². The highest BCUT2D eigenvalue weighted by molar-refractivity contribution is 5.69. The number of pyridine rings is 1. The summed E-state index contributed by atoms with van der Waals surface area (Å²) in [5.41, 5.74) is 0.379. The molecule has 0 aromatic carbocycles. The van der Waals surface area contributed by atoms with Gasteiger partial charge in [0.25, 0.3) is 0 Å². The van der Waals surface area contributed by atoms with Crippen LogP contribution in [-0.4, -0.2) is 58.3 Å². The minimum Gasteiger partial charge on any atom is -0.506 e. The molecule has 3 aromatic heterocycles. The van der Waals surface area contributed by atoms with Crippen LogP contribution in [-0.2, 0) is 6.98 Å². The van der Waals surface area contributed by atoms with Crippen molar-refractivity contribution in [1.82, 2.24) is 35.3 Å². The maximum atomic E-state index is 15.0. The average Bonchev–Trinajstić information content (AvgIpc) is 3.22. The lowest BCUT2D eigenvalue weighted by molar-refractivity contribution is 0.0654. The Kier molecular flexibility index (Phi) is 4.26. The van der Waals surface area contributed by atoms with Gasteiger partial charge in [0, 0.05) is 45.7 Å². The van der Waals surface area contributed by atoms with Gasteiger partial charge in [0.05, 0.1) is 18.4 Å². The van der Waals surface area contributed by atoms with Crippen molar-refractivity contribution in [2.45, 2.75) is 57.4 Å². The number of hydrogen-bond donors (Lipinski definition) is 3. The van der Waals surface area contributed by atoms with Crippen molar-refractivity contribution >= 4 is 5.95 Å². The lowest BCUT2D eigenvalue weighted by Gasteiger charge is -2.48. The summed E-state index contributed by atoms with van der Waals surface area (Å²) < 4.78 is 38.1. The van der Waals surface area contributed by atoms with Crippen LogP contribution in [0.4, 0.5) is 10.3 Å². The number of alkyl halides is 1. The second kappa shape index (κ2) is 7.52. The zero-order chi connectivity index (χ0) is 24.9. The Bertz CT molecular complexity index is 1180. The van der Waals surface area contributed by atoms with E-state index < -0.39 is 24.7 Å². The third-order valence-electron chi connectivity index (χ3n) is 5.34. The van der Waals surface area contributed by atoms with E-state index in [2.05, 4.69) is 35.9 Å². The average molecular weight is 430 g/mol. The highest BCUT2D eigenvalue weighted by atomic mass is 19.1. The number of aryl methyl sites for hydroxylation is 1. The van der Waals surface area contributed by atoms with E-state index in [9.17, 15) is 5.11 Å². The number of anilines is 1. The molecule has 0 amide bonds. The van der Waals surface area contributed by atoms with Crippen LogP contribution in [0.15, 0.2) is 30.9 Å². The van der Waals surface area contributed by atoms with Crippen LogP contribution in [0, 0.1) is 0 Å². The normalized spacial score (nSPS) is 24.1. The Morgan fingerprint density at radius 2 is 2.00 bits per heavy atom. The van der Waals surface area contributed by atoms with Crippen molar-refractivity contribution in [2.75, 3.05) is 5.32 Å². The monoisotopic (exact) mass is 429 g/mol. The van der Waals surface area contributed by atoms with E-state index in [4.69, 9.17) is 4.11 Å². The van der Waals surface area contributed by atoms with Crippen LogP contribution in [0.3, 0.4) is 0 Å². The first-order chi connectivity index (χ1) is 15.7.